The van der Waals surface area contributed by atoms with Crippen LogP contribution in [0.4, 0.5) is 5.69 Å². The Bertz CT molecular complexity index is 979. The highest BCUT2D eigenvalue weighted by Crippen LogP contribution is 2.40. The van der Waals surface area contributed by atoms with Crippen molar-refractivity contribution >= 4 is 23.4 Å². The molecule has 29 heavy (non-hydrogen) atoms. The molecule has 1 N–H and O–H groups in total. The summed E-state index contributed by atoms with van der Waals surface area (Å²) in [5.41, 5.74) is 1.93. The Morgan fingerprint density at radius 3 is 2.38 bits per heavy atom. The van der Waals surface area contributed by atoms with E-state index in [1.807, 2.05) is 55.5 Å². The summed E-state index contributed by atoms with van der Waals surface area (Å²) in [5, 5.41) is 12.3. The van der Waals surface area contributed by atoms with E-state index in [0.717, 1.165) is 34.7 Å². The maximum Gasteiger partial charge on any atom is 0.234 e. The Kier molecular flexibility index (Phi) is 5.85. The predicted molar refractivity (Wildman–Crippen MR) is 115 cm³/mol. The molecule has 7 heteroatoms. The number of hydrogen-bond donors (Lipinski definition) is 1. The lowest BCUT2D eigenvalue weighted by Crippen LogP contribution is -2.14. The van der Waals surface area contributed by atoms with Crippen molar-refractivity contribution in [2.24, 2.45) is 0 Å². The van der Waals surface area contributed by atoms with Crippen molar-refractivity contribution in [3.8, 4) is 11.5 Å². The van der Waals surface area contributed by atoms with Crippen LogP contribution in [0.3, 0.4) is 0 Å². The van der Waals surface area contributed by atoms with Crippen molar-refractivity contribution in [1.82, 2.24) is 14.8 Å². The van der Waals surface area contributed by atoms with E-state index in [9.17, 15) is 4.79 Å². The quantitative estimate of drug-likeness (QED) is 0.531. The molecule has 0 saturated heterocycles. The number of nitrogens with zero attached hydrogens (tertiary/aromatic N) is 3. The minimum Gasteiger partial charge on any atom is -0.457 e. The van der Waals surface area contributed by atoms with Crippen molar-refractivity contribution in [2.45, 2.75) is 44.3 Å². The molecule has 0 aliphatic heterocycles. The molecule has 1 fully saturated rings. The van der Waals surface area contributed by atoms with Crippen LogP contribution in [0, 0.1) is 6.92 Å². The molecule has 0 atom stereocenters. The van der Waals surface area contributed by atoms with Gasteiger partial charge in [0.1, 0.15) is 17.3 Å². The number of thioether (sulfide) groups is 1. The number of carbonyl (C=O) groups excluding carboxylic acids is 1. The zero-order valence-electron chi connectivity index (χ0n) is 16.6. The van der Waals surface area contributed by atoms with Gasteiger partial charge in [0.25, 0.3) is 0 Å². The number of ether oxygens (including phenoxy) is 1. The zero-order valence-corrected chi connectivity index (χ0v) is 17.4. The standard InChI is InChI=1S/C22H24N4O2S/c1-3-26-21(16-6-7-16)24-25-22(26)29-14-20(27)23-17-8-12-19(13-9-17)28-18-10-4-15(2)5-11-18/h4-5,8-13,16H,3,6-7,14H2,1-2H3,(H,23,27). The Hall–Kier alpha value is -2.80. The summed E-state index contributed by atoms with van der Waals surface area (Å²) < 4.78 is 7.93. The van der Waals surface area contributed by atoms with E-state index in [4.69, 9.17) is 4.74 Å². The second-order valence-corrected chi connectivity index (χ2v) is 8.08. The van der Waals surface area contributed by atoms with Crippen LogP contribution in [0.5, 0.6) is 11.5 Å². The molecular weight excluding hydrogens is 384 g/mol. The topological polar surface area (TPSA) is 69.0 Å². The molecule has 2 aromatic carbocycles. The van der Waals surface area contributed by atoms with Gasteiger partial charge < -0.3 is 14.6 Å². The van der Waals surface area contributed by atoms with Crippen LogP contribution in [-0.2, 0) is 11.3 Å². The second-order valence-electron chi connectivity index (χ2n) is 7.14. The first kappa shape index (κ1) is 19.5. The first-order chi connectivity index (χ1) is 14.1. The van der Waals surface area contributed by atoms with Crippen molar-refractivity contribution in [3.63, 3.8) is 0 Å². The summed E-state index contributed by atoms with van der Waals surface area (Å²) in [6.07, 6.45) is 2.37. The fraction of sp³-hybridized carbons (Fsp3) is 0.318. The van der Waals surface area contributed by atoms with Crippen LogP contribution in [-0.4, -0.2) is 26.4 Å². The van der Waals surface area contributed by atoms with Crippen LogP contribution in [0.1, 0.15) is 37.1 Å². The molecule has 0 radical (unpaired) electrons. The number of aromatic nitrogens is 3. The monoisotopic (exact) mass is 408 g/mol. The van der Waals surface area contributed by atoms with Gasteiger partial charge in [0.05, 0.1) is 5.75 Å². The normalized spacial score (nSPS) is 13.3. The minimum atomic E-state index is -0.0687. The molecule has 1 aliphatic carbocycles. The second kappa shape index (κ2) is 8.69. The maximum absolute atomic E-state index is 12.3. The Morgan fingerprint density at radius 1 is 1.10 bits per heavy atom. The SMILES string of the molecule is CCn1c(SCC(=O)Nc2ccc(Oc3ccc(C)cc3)cc2)nnc1C1CC1. The third-order valence-electron chi connectivity index (χ3n) is 4.73. The molecule has 1 aromatic heterocycles. The lowest BCUT2D eigenvalue weighted by molar-refractivity contribution is -0.113. The van der Waals surface area contributed by atoms with Gasteiger partial charge in [-0.3, -0.25) is 4.79 Å². The van der Waals surface area contributed by atoms with Crippen molar-refractivity contribution in [2.75, 3.05) is 11.1 Å². The molecule has 0 spiro atoms. The number of aryl methyl sites for hydroxylation is 1. The van der Waals surface area contributed by atoms with Gasteiger partial charge in [-0.05, 0) is 63.1 Å². The Labute approximate surface area is 174 Å². The van der Waals surface area contributed by atoms with E-state index in [0.29, 0.717) is 11.7 Å². The van der Waals surface area contributed by atoms with Gasteiger partial charge in [0, 0.05) is 18.2 Å². The van der Waals surface area contributed by atoms with E-state index in [-0.39, 0.29) is 5.91 Å². The Morgan fingerprint density at radius 2 is 1.76 bits per heavy atom. The fourth-order valence-corrected chi connectivity index (χ4v) is 3.83. The molecule has 1 saturated carbocycles. The van der Waals surface area contributed by atoms with Crippen LogP contribution in [0.2, 0.25) is 0 Å². The molecule has 3 aromatic rings. The van der Waals surface area contributed by atoms with E-state index in [1.54, 1.807) is 0 Å². The molecule has 4 rings (SSSR count). The van der Waals surface area contributed by atoms with Crippen molar-refractivity contribution in [3.05, 3.63) is 59.9 Å². The van der Waals surface area contributed by atoms with Gasteiger partial charge >= 0.3 is 0 Å². The number of carbonyl (C=O) groups is 1. The van der Waals surface area contributed by atoms with Gasteiger partial charge in [0.15, 0.2) is 5.16 Å². The molecule has 150 valence electrons. The van der Waals surface area contributed by atoms with Gasteiger partial charge in [0.2, 0.25) is 5.91 Å². The van der Waals surface area contributed by atoms with Crippen LogP contribution >= 0.6 is 11.8 Å². The summed E-state index contributed by atoms with van der Waals surface area (Å²) in [6.45, 7) is 4.95. The van der Waals surface area contributed by atoms with Gasteiger partial charge in [-0.1, -0.05) is 29.5 Å². The molecule has 1 amide bonds. The summed E-state index contributed by atoms with van der Waals surface area (Å²) >= 11 is 1.42. The van der Waals surface area contributed by atoms with Crippen LogP contribution in [0.25, 0.3) is 0 Å². The van der Waals surface area contributed by atoms with Gasteiger partial charge in [-0.2, -0.15) is 0 Å². The first-order valence-electron chi connectivity index (χ1n) is 9.82. The maximum atomic E-state index is 12.3. The Balaban J connectivity index is 1.30. The van der Waals surface area contributed by atoms with E-state index in [2.05, 4.69) is 27.0 Å². The number of anilines is 1. The highest BCUT2D eigenvalue weighted by molar-refractivity contribution is 7.99. The summed E-state index contributed by atoms with van der Waals surface area (Å²) in [5.74, 6) is 3.34. The van der Waals surface area contributed by atoms with Crippen LogP contribution in [0.15, 0.2) is 53.7 Å². The van der Waals surface area contributed by atoms with Gasteiger partial charge in [-0.15, -0.1) is 10.2 Å². The van der Waals surface area contributed by atoms with E-state index < -0.39 is 0 Å². The van der Waals surface area contributed by atoms with Crippen LogP contribution < -0.4 is 10.1 Å². The number of nitrogens with one attached hydrogen (secondary N) is 1. The third-order valence-corrected chi connectivity index (χ3v) is 5.70. The average molecular weight is 409 g/mol. The molecule has 1 aliphatic rings. The summed E-state index contributed by atoms with van der Waals surface area (Å²) in [6, 6.07) is 15.3. The molecule has 0 unspecified atom stereocenters. The molecule has 1 heterocycles. The summed E-state index contributed by atoms with van der Waals surface area (Å²) in [4.78, 5) is 12.3. The average Bonchev–Trinajstić information content (AvgIpc) is 3.49. The van der Waals surface area contributed by atoms with E-state index in [1.165, 1.54) is 30.2 Å². The summed E-state index contributed by atoms with van der Waals surface area (Å²) in [7, 11) is 0. The zero-order chi connectivity index (χ0) is 20.2. The molecule has 0 bridgehead atoms. The largest absolute Gasteiger partial charge is 0.457 e. The highest BCUT2D eigenvalue weighted by Gasteiger charge is 2.30. The first-order valence-corrected chi connectivity index (χ1v) is 10.8. The van der Waals surface area contributed by atoms with E-state index >= 15 is 0 Å². The van der Waals surface area contributed by atoms with Gasteiger partial charge in [-0.25, -0.2) is 0 Å². The molecule has 6 nitrogen and oxygen atoms in total. The number of benzene rings is 2. The lowest BCUT2D eigenvalue weighted by Gasteiger charge is -2.09. The smallest absolute Gasteiger partial charge is 0.234 e. The molecular formula is C22H24N4O2S. The number of hydrogen-bond acceptors (Lipinski definition) is 5. The number of rotatable bonds is 8. The predicted octanol–water partition coefficient (Wildman–Crippen LogP) is 5.01. The fourth-order valence-electron chi connectivity index (χ4n) is 3.02. The van der Waals surface area contributed by atoms with Crippen molar-refractivity contribution < 1.29 is 9.53 Å². The minimum absolute atomic E-state index is 0.0687. The third kappa shape index (κ3) is 4.98. The number of amides is 1. The lowest BCUT2D eigenvalue weighted by atomic mass is 10.2. The van der Waals surface area contributed by atoms with Crippen molar-refractivity contribution in [1.29, 1.82) is 0 Å². The highest BCUT2D eigenvalue weighted by atomic mass is 32.2.